The largest absolute Gasteiger partial charge is 0.493 e. The van der Waals surface area contributed by atoms with Crippen molar-refractivity contribution in [3.63, 3.8) is 0 Å². The van der Waals surface area contributed by atoms with E-state index in [1.54, 1.807) is 26.5 Å². The SMILES string of the molecule is COc1cc2c(cc1OC)CC(=O)N(CC(=O)c1ccc3ccccc3c1)C=C2. The zero-order valence-electron chi connectivity index (χ0n) is 16.3. The zero-order valence-corrected chi connectivity index (χ0v) is 16.3. The Balaban J connectivity index is 1.57. The van der Waals surface area contributed by atoms with Crippen molar-refractivity contribution in [3.8, 4) is 11.5 Å². The average Bonchev–Trinajstić information content (AvgIpc) is 2.90. The molecule has 0 fully saturated rings. The quantitative estimate of drug-likeness (QED) is 0.619. The Morgan fingerprint density at radius 3 is 2.45 bits per heavy atom. The number of ketones is 1. The second-order valence-corrected chi connectivity index (χ2v) is 6.91. The summed E-state index contributed by atoms with van der Waals surface area (Å²) in [6.07, 6.45) is 3.68. The number of carbonyl (C=O) groups is 2. The first-order valence-electron chi connectivity index (χ1n) is 9.33. The number of fused-ring (bicyclic) bond motifs is 2. The van der Waals surface area contributed by atoms with Crippen molar-refractivity contribution in [3.05, 3.63) is 77.5 Å². The molecule has 0 saturated heterocycles. The van der Waals surface area contributed by atoms with E-state index in [2.05, 4.69) is 0 Å². The van der Waals surface area contributed by atoms with Crippen molar-refractivity contribution >= 4 is 28.5 Å². The molecule has 0 unspecified atom stereocenters. The molecule has 1 heterocycles. The topological polar surface area (TPSA) is 55.8 Å². The van der Waals surface area contributed by atoms with Gasteiger partial charge < -0.3 is 14.4 Å². The molecule has 29 heavy (non-hydrogen) atoms. The van der Waals surface area contributed by atoms with Crippen molar-refractivity contribution < 1.29 is 19.1 Å². The standard InChI is InChI=1S/C24H21NO4/c1-28-22-12-18-9-10-25(24(27)14-20(18)13-23(22)29-2)15-21(26)19-8-7-16-5-3-4-6-17(16)11-19/h3-13H,14-15H2,1-2H3. The van der Waals surface area contributed by atoms with Gasteiger partial charge in [0, 0.05) is 11.8 Å². The average molecular weight is 387 g/mol. The molecule has 0 radical (unpaired) electrons. The van der Waals surface area contributed by atoms with Crippen molar-refractivity contribution in [1.82, 2.24) is 4.90 Å². The summed E-state index contributed by atoms with van der Waals surface area (Å²) < 4.78 is 10.7. The lowest BCUT2D eigenvalue weighted by Crippen LogP contribution is -2.31. The van der Waals surface area contributed by atoms with Gasteiger partial charge in [-0.15, -0.1) is 0 Å². The van der Waals surface area contributed by atoms with Crippen LogP contribution in [0.3, 0.4) is 0 Å². The van der Waals surface area contributed by atoms with Gasteiger partial charge in [-0.1, -0.05) is 36.4 Å². The van der Waals surface area contributed by atoms with E-state index < -0.39 is 0 Å². The van der Waals surface area contributed by atoms with E-state index in [0.717, 1.165) is 21.9 Å². The molecule has 0 bridgehead atoms. The number of Topliss-reactive ketones (excluding diaryl/α,β-unsaturated/α-hetero) is 1. The number of benzene rings is 3. The summed E-state index contributed by atoms with van der Waals surface area (Å²) in [7, 11) is 3.14. The summed E-state index contributed by atoms with van der Waals surface area (Å²) in [6.45, 7) is -0.00404. The number of ether oxygens (including phenoxy) is 2. The van der Waals surface area contributed by atoms with E-state index in [9.17, 15) is 9.59 Å². The summed E-state index contributed by atoms with van der Waals surface area (Å²) in [5.41, 5.74) is 2.30. The Morgan fingerprint density at radius 2 is 1.69 bits per heavy atom. The first-order chi connectivity index (χ1) is 14.1. The molecule has 3 aromatic rings. The van der Waals surface area contributed by atoms with Crippen LogP contribution in [0.5, 0.6) is 11.5 Å². The molecule has 3 aromatic carbocycles. The molecule has 4 rings (SSSR count). The van der Waals surface area contributed by atoms with Gasteiger partial charge in [0.15, 0.2) is 17.3 Å². The maximum atomic E-state index is 12.8. The smallest absolute Gasteiger partial charge is 0.231 e. The molecule has 1 aliphatic rings. The molecule has 0 N–H and O–H groups in total. The lowest BCUT2D eigenvalue weighted by molar-refractivity contribution is -0.127. The summed E-state index contributed by atoms with van der Waals surface area (Å²) in [5, 5.41) is 2.08. The Hall–Kier alpha value is -3.60. The monoisotopic (exact) mass is 387 g/mol. The summed E-state index contributed by atoms with van der Waals surface area (Å²) in [5.74, 6) is 0.938. The van der Waals surface area contributed by atoms with E-state index in [-0.39, 0.29) is 24.7 Å². The molecule has 0 aliphatic carbocycles. The van der Waals surface area contributed by atoms with Gasteiger partial charge >= 0.3 is 0 Å². The Bertz CT molecular complexity index is 1130. The number of nitrogens with zero attached hydrogens (tertiary/aromatic N) is 1. The lowest BCUT2D eigenvalue weighted by Gasteiger charge is -2.16. The molecule has 5 heteroatoms. The number of amides is 1. The van der Waals surface area contributed by atoms with Crippen molar-refractivity contribution in [2.45, 2.75) is 6.42 Å². The number of hydrogen-bond acceptors (Lipinski definition) is 4. The van der Waals surface area contributed by atoms with Crippen molar-refractivity contribution in [1.29, 1.82) is 0 Å². The first kappa shape index (κ1) is 18.7. The predicted octanol–water partition coefficient (Wildman–Crippen LogP) is 4.10. The van der Waals surface area contributed by atoms with E-state index in [4.69, 9.17) is 9.47 Å². The van der Waals surface area contributed by atoms with Gasteiger partial charge in [-0.3, -0.25) is 9.59 Å². The van der Waals surface area contributed by atoms with Crippen LogP contribution in [0.15, 0.2) is 60.8 Å². The third kappa shape index (κ3) is 3.72. The van der Waals surface area contributed by atoms with E-state index >= 15 is 0 Å². The molecule has 0 atom stereocenters. The highest BCUT2D eigenvalue weighted by atomic mass is 16.5. The van der Waals surface area contributed by atoms with E-state index in [0.29, 0.717) is 17.1 Å². The number of carbonyl (C=O) groups excluding carboxylic acids is 2. The number of methoxy groups -OCH3 is 2. The van der Waals surface area contributed by atoms with Crippen LogP contribution < -0.4 is 9.47 Å². The highest BCUT2D eigenvalue weighted by Gasteiger charge is 2.22. The number of rotatable bonds is 5. The Kier molecular flexibility index (Phi) is 5.04. The summed E-state index contributed by atoms with van der Waals surface area (Å²) in [4.78, 5) is 27.0. The third-order valence-electron chi connectivity index (χ3n) is 5.13. The van der Waals surface area contributed by atoms with Gasteiger partial charge in [-0.25, -0.2) is 0 Å². The predicted molar refractivity (Wildman–Crippen MR) is 112 cm³/mol. The van der Waals surface area contributed by atoms with Gasteiger partial charge in [0.05, 0.1) is 27.2 Å². The third-order valence-corrected chi connectivity index (χ3v) is 5.13. The van der Waals surface area contributed by atoms with Gasteiger partial charge in [-0.05, 0) is 46.2 Å². The summed E-state index contributed by atoms with van der Waals surface area (Å²) in [6, 6.07) is 17.1. The Labute approximate surface area is 169 Å². The molecule has 146 valence electrons. The van der Waals surface area contributed by atoms with Crippen LogP contribution in [0.4, 0.5) is 0 Å². The van der Waals surface area contributed by atoms with Gasteiger partial charge in [0.2, 0.25) is 5.91 Å². The maximum Gasteiger partial charge on any atom is 0.231 e. The van der Waals surface area contributed by atoms with Crippen LogP contribution in [0.1, 0.15) is 21.5 Å². The van der Waals surface area contributed by atoms with Crippen LogP contribution in [-0.4, -0.2) is 37.4 Å². The van der Waals surface area contributed by atoms with Gasteiger partial charge in [0.1, 0.15) is 0 Å². The van der Waals surface area contributed by atoms with Crippen molar-refractivity contribution in [2.24, 2.45) is 0 Å². The zero-order chi connectivity index (χ0) is 20.4. The maximum absolute atomic E-state index is 12.8. The second-order valence-electron chi connectivity index (χ2n) is 6.91. The summed E-state index contributed by atoms with van der Waals surface area (Å²) >= 11 is 0. The molecular weight excluding hydrogens is 366 g/mol. The molecular formula is C24H21NO4. The first-order valence-corrected chi connectivity index (χ1v) is 9.33. The second kappa shape index (κ2) is 7.80. The van der Waals surface area contributed by atoms with Gasteiger partial charge in [-0.2, -0.15) is 0 Å². The van der Waals surface area contributed by atoms with Gasteiger partial charge in [0.25, 0.3) is 0 Å². The van der Waals surface area contributed by atoms with E-state index in [1.807, 2.05) is 54.6 Å². The minimum absolute atomic E-state index is 0.00404. The molecule has 5 nitrogen and oxygen atoms in total. The van der Waals surface area contributed by atoms with Crippen LogP contribution in [0.2, 0.25) is 0 Å². The molecule has 0 saturated carbocycles. The van der Waals surface area contributed by atoms with Crippen molar-refractivity contribution in [2.75, 3.05) is 20.8 Å². The fraction of sp³-hybridized carbons (Fsp3) is 0.167. The highest BCUT2D eigenvalue weighted by molar-refractivity contribution is 6.02. The fourth-order valence-electron chi connectivity index (χ4n) is 3.51. The van der Waals surface area contributed by atoms with Crippen LogP contribution in [-0.2, 0) is 11.2 Å². The number of hydrogen-bond donors (Lipinski definition) is 0. The molecule has 0 aromatic heterocycles. The Morgan fingerprint density at radius 1 is 0.966 bits per heavy atom. The van der Waals surface area contributed by atoms with E-state index in [1.165, 1.54) is 4.90 Å². The fourth-order valence-corrected chi connectivity index (χ4v) is 3.51. The molecule has 0 spiro atoms. The van der Waals surface area contributed by atoms with Crippen LogP contribution in [0, 0.1) is 0 Å². The minimum atomic E-state index is -0.138. The minimum Gasteiger partial charge on any atom is -0.493 e. The normalized spacial score (nSPS) is 13.2. The molecule has 1 amide bonds. The highest BCUT2D eigenvalue weighted by Crippen LogP contribution is 2.32. The lowest BCUT2D eigenvalue weighted by atomic mass is 10.0. The molecule has 1 aliphatic heterocycles. The van der Waals surface area contributed by atoms with Crippen LogP contribution in [0.25, 0.3) is 16.8 Å². The van der Waals surface area contributed by atoms with Crippen LogP contribution >= 0.6 is 0 Å².